The Morgan fingerprint density at radius 1 is 1.35 bits per heavy atom. The van der Waals surface area contributed by atoms with Crippen LogP contribution in [0.25, 0.3) is 0 Å². The summed E-state index contributed by atoms with van der Waals surface area (Å²) in [4.78, 5) is 6.57. The predicted octanol–water partition coefficient (Wildman–Crippen LogP) is 1.79. The molecular formula is C13H19N3O. The van der Waals surface area contributed by atoms with Crippen molar-refractivity contribution in [2.24, 2.45) is 0 Å². The van der Waals surface area contributed by atoms with Crippen molar-refractivity contribution in [3.63, 3.8) is 0 Å². The van der Waals surface area contributed by atoms with Crippen LogP contribution in [0.2, 0.25) is 0 Å². The number of nitrogens with one attached hydrogen (secondary N) is 1. The summed E-state index contributed by atoms with van der Waals surface area (Å²) in [5, 5.41) is 3.39. The third-order valence-corrected chi connectivity index (χ3v) is 2.74. The zero-order valence-corrected chi connectivity index (χ0v) is 10.2. The molecule has 0 spiro atoms. The first-order valence-corrected chi connectivity index (χ1v) is 6.08. The maximum absolute atomic E-state index is 5.43. The van der Waals surface area contributed by atoms with Gasteiger partial charge in [0.2, 0.25) is 0 Å². The van der Waals surface area contributed by atoms with Crippen molar-refractivity contribution in [1.29, 1.82) is 0 Å². The number of hydrogen-bond donors (Lipinski definition) is 1. The number of rotatable bonds is 3. The Kier molecular flexibility index (Phi) is 4.38. The quantitative estimate of drug-likeness (QED) is 0.808. The van der Waals surface area contributed by atoms with E-state index in [0.717, 1.165) is 37.6 Å². The number of hydrogen-bond acceptors (Lipinski definition) is 4. The summed E-state index contributed by atoms with van der Waals surface area (Å²) in [7, 11) is 0. The van der Waals surface area contributed by atoms with Crippen LogP contribution in [0.3, 0.4) is 0 Å². The van der Waals surface area contributed by atoms with Gasteiger partial charge in [0, 0.05) is 25.7 Å². The third kappa shape index (κ3) is 3.46. The van der Waals surface area contributed by atoms with Gasteiger partial charge in [-0.2, -0.15) is 0 Å². The molecule has 0 unspecified atom stereocenters. The molecule has 1 aromatic heterocycles. The first kappa shape index (κ1) is 11.9. The number of allylic oxidation sites excluding steroid dienone is 1. The Morgan fingerprint density at radius 3 is 3.18 bits per heavy atom. The van der Waals surface area contributed by atoms with Gasteiger partial charge >= 0.3 is 0 Å². The number of aromatic nitrogens is 1. The highest BCUT2D eigenvalue weighted by molar-refractivity contribution is 5.48. The highest BCUT2D eigenvalue weighted by Crippen LogP contribution is 2.20. The van der Waals surface area contributed by atoms with Crippen molar-refractivity contribution in [1.82, 2.24) is 10.3 Å². The van der Waals surface area contributed by atoms with Crippen LogP contribution in [0.1, 0.15) is 13.3 Å². The molecule has 4 heteroatoms. The molecule has 0 aliphatic carbocycles. The highest BCUT2D eigenvalue weighted by Gasteiger charge is 2.10. The molecule has 2 heterocycles. The molecule has 1 aliphatic heterocycles. The third-order valence-electron chi connectivity index (χ3n) is 2.74. The van der Waals surface area contributed by atoms with E-state index < -0.39 is 0 Å². The van der Waals surface area contributed by atoms with Gasteiger partial charge in [-0.15, -0.1) is 0 Å². The van der Waals surface area contributed by atoms with Crippen molar-refractivity contribution in [2.45, 2.75) is 13.3 Å². The second-order valence-electron chi connectivity index (χ2n) is 4.06. The fourth-order valence-electron chi connectivity index (χ4n) is 1.90. The fourth-order valence-corrected chi connectivity index (χ4v) is 1.90. The topological polar surface area (TPSA) is 37.4 Å². The largest absolute Gasteiger partial charge is 0.464 e. The normalized spacial score (nSPS) is 17.1. The van der Waals surface area contributed by atoms with Gasteiger partial charge in [0.05, 0.1) is 24.3 Å². The summed E-state index contributed by atoms with van der Waals surface area (Å²) >= 11 is 0. The monoisotopic (exact) mass is 233 g/mol. The standard InChI is InChI=1S/C13H19N3O/c1-2-8-17-13-9-12(10-15-11-13)16-6-3-4-14-5-7-16/h2,8-11,14H,3-7H2,1H3/b8-2+. The smallest absolute Gasteiger partial charge is 0.146 e. The maximum Gasteiger partial charge on any atom is 0.146 e. The van der Waals surface area contributed by atoms with Gasteiger partial charge in [0.1, 0.15) is 5.75 Å². The summed E-state index contributed by atoms with van der Waals surface area (Å²) < 4.78 is 5.43. The van der Waals surface area contributed by atoms with Gasteiger partial charge < -0.3 is 15.0 Å². The van der Waals surface area contributed by atoms with E-state index in [1.165, 1.54) is 6.42 Å². The van der Waals surface area contributed by atoms with Gasteiger partial charge in [0.15, 0.2) is 0 Å². The summed E-state index contributed by atoms with van der Waals surface area (Å²) in [6.45, 7) is 6.15. The minimum absolute atomic E-state index is 0.790. The van der Waals surface area contributed by atoms with Gasteiger partial charge in [-0.25, -0.2) is 0 Å². The van der Waals surface area contributed by atoms with Gasteiger partial charge in [-0.05, 0) is 19.9 Å². The lowest BCUT2D eigenvalue weighted by atomic mass is 10.3. The van der Waals surface area contributed by atoms with Crippen LogP contribution in [0.5, 0.6) is 5.75 Å². The molecule has 0 radical (unpaired) electrons. The van der Waals surface area contributed by atoms with E-state index in [1.54, 1.807) is 12.5 Å². The molecule has 1 N–H and O–H groups in total. The Morgan fingerprint density at radius 2 is 2.29 bits per heavy atom. The minimum atomic E-state index is 0.790. The molecule has 1 aliphatic rings. The predicted molar refractivity (Wildman–Crippen MR) is 69.4 cm³/mol. The molecule has 17 heavy (non-hydrogen) atoms. The minimum Gasteiger partial charge on any atom is -0.464 e. The zero-order valence-electron chi connectivity index (χ0n) is 10.2. The van der Waals surface area contributed by atoms with E-state index in [2.05, 4.69) is 15.2 Å². The summed E-state index contributed by atoms with van der Waals surface area (Å²) in [5.41, 5.74) is 1.13. The average Bonchev–Trinajstić information content (AvgIpc) is 2.65. The van der Waals surface area contributed by atoms with E-state index in [0.29, 0.717) is 0 Å². The molecule has 2 rings (SSSR count). The van der Waals surface area contributed by atoms with Crippen LogP contribution in [0.4, 0.5) is 5.69 Å². The lowest BCUT2D eigenvalue weighted by molar-refractivity contribution is 0.478. The van der Waals surface area contributed by atoms with Crippen LogP contribution >= 0.6 is 0 Å². The van der Waals surface area contributed by atoms with Crippen molar-refractivity contribution < 1.29 is 4.74 Å². The Bertz CT molecular complexity index is 371. The summed E-state index contributed by atoms with van der Waals surface area (Å²) in [5.74, 6) is 0.790. The maximum atomic E-state index is 5.43. The van der Waals surface area contributed by atoms with Gasteiger partial charge in [-0.1, -0.05) is 6.08 Å². The van der Waals surface area contributed by atoms with E-state index >= 15 is 0 Å². The van der Waals surface area contributed by atoms with Crippen LogP contribution < -0.4 is 15.0 Å². The number of pyridine rings is 1. The number of anilines is 1. The summed E-state index contributed by atoms with van der Waals surface area (Å²) in [6.07, 6.45) is 8.33. The first-order valence-electron chi connectivity index (χ1n) is 6.08. The molecule has 0 amide bonds. The molecule has 0 atom stereocenters. The first-order chi connectivity index (χ1) is 8.40. The zero-order chi connectivity index (χ0) is 11.9. The van der Waals surface area contributed by atoms with Crippen molar-refractivity contribution >= 4 is 5.69 Å². The number of nitrogens with zero attached hydrogens (tertiary/aromatic N) is 2. The van der Waals surface area contributed by atoms with E-state index in [9.17, 15) is 0 Å². The van der Waals surface area contributed by atoms with Crippen molar-refractivity contribution in [3.8, 4) is 5.75 Å². The lowest BCUT2D eigenvalue weighted by Crippen LogP contribution is -2.27. The average molecular weight is 233 g/mol. The molecular weight excluding hydrogens is 214 g/mol. The molecule has 1 fully saturated rings. The molecule has 1 aromatic rings. The van der Waals surface area contributed by atoms with E-state index in [1.807, 2.05) is 25.3 Å². The fraction of sp³-hybridized carbons (Fsp3) is 0.462. The van der Waals surface area contributed by atoms with E-state index in [4.69, 9.17) is 4.74 Å². The van der Waals surface area contributed by atoms with Crippen molar-refractivity contribution in [2.75, 3.05) is 31.1 Å². The second kappa shape index (κ2) is 6.25. The van der Waals surface area contributed by atoms with Crippen LogP contribution in [0, 0.1) is 0 Å². The highest BCUT2D eigenvalue weighted by atomic mass is 16.5. The molecule has 92 valence electrons. The van der Waals surface area contributed by atoms with Crippen LogP contribution in [0.15, 0.2) is 30.8 Å². The molecule has 0 saturated carbocycles. The Labute approximate surface area is 102 Å². The van der Waals surface area contributed by atoms with Gasteiger partial charge in [-0.3, -0.25) is 4.98 Å². The number of ether oxygens (including phenoxy) is 1. The van der Waals surface area contributed by atoms with Crippen LogP contribution in [-0.2, 0) is 0 Å². The van der Waals surface area contributed by atoms with Crippen molar-refractivity contribution in [3.05, 3.63) is 30.8 Å². The van der Waals surface area contributed by atoms with E-state index in [-0.39, 0.29) is 0 Å². The molecule has 0 bridgehead atoms. The van der Waals surface area contributed by atoms with Crippen LogP contribution in [-0.4, -0.2) is 31.2 Å². The second-order valence-corrected chi connectivity index (χ2v) is 4.06. The summed E-state index contributed by atoms with van der Waals surface area (Å²) in [6, 6.07) is 2.04. The molecule has 4 nitrogen and oxygen atoms in total. The molecule has 0 aromatic carbocycles. The Hall–Kier alpha value is -1.55. The Balaban J connectivity index is 2.08. The SMILES string of the molecule is C/C=C/Oc1cncc(N2CCCNCC2)c1. The van der Waals surface area contributed by atoms with Gasteiger partial charge in [0.25, 0.3) is 0 Å². The molecule has 1 saturated heterocycles. The lowest BCUT2D eigenvalue weighted by Gasteiger charge is -2.22.